The predicted molar refractivity (Wildman–Crippen MR) is 58.9 cm³/mol. The van der Waals surface area contributed by atoms with Gasteiger partial charge in [-0.2, -0.15) is 0 Å². The van der Waals surface area contributed by atoms with Crippen molar-refractivity contribution in [2.24, 2.45) is 0 Å². The van der Waals surface area contributed by atoms with Gasteiger partial charge in [0.1, 0.15) is 0 Å². The van der Waals surface area contributed by atoms with Crippen LogP contribution in [0, 0.1) is 12.3 Å². The van der Waals surface area contributed by atoms with E-state index in [0.29, 0.717) is 6.54 Å². The van der Waals surface area contributed by atoms with E-state index in [0.717, 1.165) is 38.8 Å². The van der Waals surface area contributed by atoms with Crippen molar-refractivity contribution in [1.29, 1.82) is 0 Å². The highest BCUT2D eigenvalue weighted by Crippen LogP contribution is 1.90. The van der Waals surface area contributed by atoms with E-state index in [9.17, 15) is 4.79 Å². The van der Waals surface area contributed by atoms with E-state index < -0.39 is 0 Å². The molecule has 0 aliphatic rings. The molecule has 0 bridgehead atoms. The van der Waals surface area contributed by atoms with Gasteiger partial charge in [0, 0.05) is 13.0 Å². The minimum absolute atomic E-state index is 0.0687. The average molecular weight is 196 g/mol. The van der Waals surface area contributed by atoms with E-state index in [1.54, 1.807) is 0 Å². The summed E-state index contributed by atoms with van der Waals surface area (Å²) in [4.78, 5) is 11.1. The lowest BCUT2D eigenvalue weighted by molar-refractivity contribution is -0.120. The predicted octanol–water partition coefficient (Wildman–Crippen LogP) is 0.906. The molecule has 14 heavy (non-hydrogen) atoms. The van der Waals surface area contributed by atoms with E-state index in [1.165, 1.54) is 0 Å². The average Bonchev–Trinajstić information content (AvgIpc) is 2.18. The molecule has 0 fully saturated rings. The molecule has 0 saturated carbocycles. The molecule has 0 atom stereocenters. The first kappa shape index (κ1) is 13.0. The highest BCUT2D eigenvalue weighted by atomic mass is 16.1. The van der Waals surface area contributed by atoms with Crippen LogP contribution in [0.15, 0.2) is 0 Å². The van der Waals surface area contributed by atoms with Crippen LogP contribution in [0.25, 0.3) is 0 Å². The molecular weight excluding hydrogens is 176 g/mol. The van der Waals surface area contributed by atoms with Crippen LogP contribution >= 0.6 is 0 Å². The van der Waals surface area contributed by atoms with Gasteiger partial charge in [0.25, 0.3) is 0 Å². The Balaban J connectivity index is 3.15. The van der Waals surface area contributed by atoms with Crippen LogP contribution in [0.2, 0.25) is 0 Å². The number of nitrogens with one attached hydrogen (secondary N) is 2. The Kier molecular flexibility index (Phi) is 9.35. The van der Waals surface area contributed by atoms with Crippen molar-refractivity contribution in [3.05, 3.63) is 0 Å². The molecule has 0 heterocycles. The van der Waals surface area contributed by atoms with Crippen LogP contribution in [-0.4, -0.2) is 25.5 Å². The zero-order chi connectivity index (χ0) is 10.6. The first-order chi connectivity index (χ1) is 6.81. The summed E-state index contributed by atoms with van der Waals surface area (Å²) in [6.07, 6.45) is 8.90. The third-order valence-electron chi connectivity index (χ3n) is 1.78. The van der Waals surface area contributed by atoms with Gasteiger partial charge in [0.15, 0.2) is 0 Å². The summed E-state index contributed by atoms with van der Waals surface area (Å²) in [6, 6.07) is 0. The molecule has 80 valence electrons. The number of terminal acetylenes is 1. The summed E-state index contributed by atoms with van der Waals surface area (Å²) in [6.45, 7) is 4.12. The molecule has 0 aromatic rings. The summed E-state index contributed by atoms with van der Waals surface area (Å²) < 4.78 is 0. The molecule has 3 heteroatoms. The molecule has 0 aromatic heterocycles. The molecule has 3 nitrogen and oxygen atoms in total. The minimum atomic E-state index is 0.0687. The van der Waals surface area contributed by atoms with Gasteiger partial charge in [-0.15, -0.1) is 12.3 Å². The smallest absolute Gasteiger partial charge is 0.233 e. The van der Waals surface area contributed by atoms with Gasteiger partial charge in [0.2, 0.25) is 5.91 Å². The highest BCUT2D eigenvalue weighted by molar-refractivity contribution is 5.77. The lowest BCUT2D eigenvalue weighted by Gasteiger charge is -2.04. The standard InChI is InChI=1S/C11H20N2O/c1-3-5-6-7-9-13-11(14)10-12-8-4-2/h1,12H,4-10H2,2H3,(H,13,14). The number of carbonyl (C=O) groups is 1. The maximum Gasteiger partial charge on any atom is 0.233 e. The second-order valence-electron chi connectivity index (χ2n) is 3.19. The van der Waals surface area contributed by atoms with Gasteiger partial charge in [-0.25, -0.2) is 0 Å². The van der Waals surface area contributed by atoms with Crippen molar-refractivity contribution < 1.29 is 4.79 Å². The van der Waals surface area contributed by atoms with Crippen molar-refractivity contribution in [3.8, 4) is 12.3 Å². The van der Waals surface area contributed by atoms with Gasteiger partial charge < -0.3 is 10.6 Å². The number of unbranched alkanes of at least 4 members (excludes halogenated alkanes) is 2. The van der Waals surface area contributed by atoms with Crippen LogP contribution in [0.4, 0.5) is 0 Å². The van der Waals surface area contributed by atoms with E-state index in [1.807, 2.05) is 0 Å². The Morgan fingerprint density at radius 2 is 2.14 bits per heavy atom. The van der Waals surface area contributed by atoms with Crippen LogP contribution < -0.4 is 10.6 Å². The zero-order valence-electron chi connectivity index (χ0n) is 8.94. The maximum atomic E-state index is 11.1. The number of carbonyl (C=O) groups excluding carboxylic acids is 1. The van der Waals surface area contributed by atoms with E-state index in [4.69, 9.17) is 6.42 Å². The zero-order valence-corrected chi connectivity index (χ0v) is 8.94. The molecule has 0 aliphatic heterocycles. The van der Waals surface area contributed by atoms with Gasteiger partial charge in [-0.1, -0.05) is 6.92 Å². The van der Waals surface area contributed by atoms with Crippen molar-refractivity contribution in [3.63, 3.8) is 0 Å². The van der Waals surface area contributed by atoms with Gasteiger partial charge in [0.05, 0.1) is 6.54 Å². The van der Waals surface area contributed by atoms with Crippen LogP contribution in [0.1, 0.15) is 32.6 Å². The first-order valence-electron chi connectivity index (χ1n) is 5.22. The number of amides is 1. The third kappa shape index (κ3) is 9.08. The summed E-state index contributed by atoms with van der Waals surface area (Å²) in [7, 11) is 0. The monoisotopic (exact) mass is 196 g/mol. The Morgan fingerprint density at radius 3 is 2.79 bits per heavy atom. The van der Waals surface area contributed by atoms with Crippen molar-refractivity contribution in [2.75, 3.05) is 19.6 Å². The van der Waals surface area contributed by atoms with E-state index >= 15 is 0 Å². The van der Waals surface area contributed by atoms with Crippen LogP contribution in [0.5, 0.6) is 0 Å². The summed E-state index contributed by atoms with van der Waals surface area (Å²) >= 11 is 0. The molecule has 1 amide bonds. The quantitative estimate of drug-likeness (QED) is 0.447. The fraction of sp³-hybridized carbons (Fsp3) is 0.727. The second-order valence-corrected chi connectivity index (χ2v) is 3.19. The molecule has 0 aromatic carbocycles. The fourth-order valence-electron chi connectivity index (χ4n) is 1.02. The second kappa shape index (κ2) is 10.1. The Hall–Kier alpha value is -1.01. The van der Waals surface area contributed by atoms with E-state index in [2.05, 4.69) is 23.5 Å². The highest BCUT2D eigenvalue weighted by Gasteiger charge is 1.97. The number of hydrogen-bond acceptors (Lipinski definition) is 2. The Labute approximate surface area is 86.6 Å². The Bertz CT molecular complexity index is 184. The lowest BCUT2D eigenvalue weighted by Crippen LogP contribution is -2.34. The molecular formula is C11H20N2O. The molecule has 0 saturated heterocycles. The lowest BCUT2D eigenvalue weighted by atomic mass is 10.2. The molecule has 2 N–H and O–H groups in total. The SMILES string of the molecule is C#CCCCCNC(=O)CNCCC. The normalized spacial score (nSPS) is 9.43. The fourth-order valence-corrected chi connectivity index (χ4v) is 1.02. The molecule has 0 spiro atoms. The van der Waals surface area contributed by atoms with Gasteiger partial charge in [-0.3, -0.25) is 4.79 Å². The van der Waals surface area contributed by atoms with Gasteiger partial charge in [-0.05, 0) is 25.8 Å². The van der Waals surface area contributed by atoms with Crippen molar-refractivity contribution >= 4 is 5.91 Å². The third-order valence-corrected chi connectivity index (χ3v) is 1.78. The van der Waals surface area contributed by atoms with Gasteiger partial charge >= 0.3 is 0 Å². The summed E-state index contributed by atoms with van der Waals surface area (Å²) in [5, 5.41) is 5.87. The molecule has 0 aliphatic carbocycles. The van der Waals surface area contributed by atoms with Crippen LogP contribution in [0.3, 0.4) is 0 Å². The summed E-state index contributed by atoms with van der Waals surface area (Å²) in [5.41, 5.74) is 0. The largest absolute Gasteiger partial charge is 0.355 e. The summed E-state index contributed by atoms with van der Waals surface area (Å²) in [5.74, 6) is 2.64. The van der Waals surface area contributed by atoms with E-state index in [-0.39, 0.29) is 5.91 Å². The first-order valence-corrected chi connectivity index (χ1v) is 5.22. The topological polar surface area (TPSA) is 41.1 Å². The van der Waals surface area contributed by atoms with Crippen molar-refractivity contribution in [2.45, 2.75) is 32.6 Å². The molecule has 0 radical (unpaired) electrons. The molecule has 0 rings (SSSR count). The Morgan fingerprint density at radius 1 is 1.36 bits per heavy atom. The number of rotatable bonds is 8. The minimum Gasteiger partial charge on any atom is -0.355 e. The molecule has 0 unspecified atom stereocenters. The maximum absolute atomic E-state index is 11.1. The van der Waals surface area contributed by atoms with Crippen molar-refractivity contribution in [1.82, 2.24) is 10.6 Å². The van der Waals surface area contributed by atoms with Crippen LogP contribution in [-0.2, 0) is 4.79 Å². The number of hydrogen-bond donors (Lipinski definition) is 2.